The number of hydrogen-bond acceptors (Lipinski definition) is 6. The van der Waals surface area contributed by atoms with Gasteiger partial charge in [-0.25, -0.2) is 0 Å². The maximum atomic E-state index is 11.0. The van der Waals surface area contributed by atoms with Crippen LogP contribution < -0.4 is 0 Å². The fourth-order valence-corrected chi connectivity index (χ4v) is 2.15. The van der Waals surface area contributed by atoms with Crippen molar-refractivity contribution in [3.8, 4) is 0 Å². The van der Waals surface area contributed by atoms with E-state index in [1.54, 1.807) is 0 Å². The standard InChI is InChI=1S/C12H15N3O5/c16-14(17)11-2-1-10(12(9-11)15(18)19)3-4-13-5-7-20-8-6-13/h1-2,9H,3-8H2. The number of benzene rings is 1. The van der Waals surface area contributed by atoms with E-state index >= 15 is 0 Å². The molecule has 8 heteroatoms. The molecule has 1 aromatic carbocycles. The van der Waals surface area contributed by atoms with Crippen LogP contribution in [-0.2, 0) is 11.2 Å². The Kier molecular flexibility index (Phi) is 4.59. The lowest BCUT2D eigenvalue weighted by Crippen LogP contribution is -2.37. The molecule has 1 heterocycles. The summed E-state index contributed by atoms with van der Waals surface area (Å²) in [4.78, 5) is 22.6. The van der Waals surface area contributed by atoms with Crippen molar-refractivity contribution in [2.24, 2.45) is 0 Å². The average molecular weight is 281 g/mol. The normalized spacial score (nSPS) is 16.0. The second-order valence-electron chi connectivity index (χ2n) is 4.53. The smallest absolute Gasteiger partial charge is 0.279 e. The molecular weight excluding hydrogens is 266 g/mol. The Morgan fingerprint density at radius 3 is 2.45 bits per heavy atom. The van der Waals surface area contributed by atoms with E-state index in [1.807, 2.05) is 0 Å². The summed E-state index contributed by atoms with van der Waals surface area (Å²) < 4.78 is 5.23. The topological polar surface area (TPSA) is 98.8 Å². The number of hydrogen-bond donors (Lipinski definition) is 0. The third-order valence-electron chi connectivity index (χ3n) is 3.28. The van der Waals surface area contributed by atoms with Gasteiger partial charge in [0.15, 0.2) is 0 Å². The molecule has 1 fully saturated rings. The van der Waals surface area contributed by atoms with Gasteiger partial charge in [-0.3, -0.25) is 25.1 Å². The lowest BCUT2D eigenvalue weighted by molar-refractivity contribution is -0.394. The van der Waals surface area contributed by atoms with Crippen molar-refractivity contribution in [2.45, 2.75) is 6.42 Å². The predicted molar refractivity (Wildman–Crippen MR) is 70.7 cm³/mol. The minimum Gasteiger partial charge on any atom is -0.379 e. The van der Waals surface area contributed by atoms with E-state index in [4.69, 9.17) is 4.74 Å². The predicted octanol–water partition coefficient (Wildman–Crippen LogP) is 1.38. The minimum absolute atomic E-state index is 0.188. The Hall–Kier alpha value is -2.06. The van der Waals surface area contributed by atoms with Gasteiger partial charge >= 0.3 is 0 Å². The SMILES string of the molecule is O=[N+]([O-])c1ccc(CCN2CCOCC2)c([N+](=O)[O-])c1. The van der Waals surface area contributed by atoms with Crippen LogP contribution in [0.4, 0.5) is 11.4 Å². The van der Waals surface area contributed by atoms with Crippen molar-refractivity contribution in [1.82, 2.24) is 4.90 Å². The average Bonchev–Trinajstić information content (AvgIpc) is 2.45. The summed E-state index contributed by atoms with van der Waals surface area (Å²) in [6, 6.07) is 3.80. The highest BCUT2D eigenvalue weighted by atomic mass is 16.6. The van der Waals surface area contributed by atoms with Crippen molar-refractivity contribution >= 4 is 11.4 Å². The Morgan fingerprint density at radius 2 is 1.85 bits per heavy atom. The molecule has 0 aliphatic carbocycles. The van der Waals surface area contributed by atoms with Crippen LogP contribution >= 0.6 is 0 Å². The van der Waals surface area contributed by atoms with Gasteiger partial charge in [-0.15, -0.1) is 0 Å². The highest BCUT2D eigenvalue weighted by Gasteiger charge is 2.20. The first-order chi connectivity index (χ1) is 9.58. The zero-order valence-electron chi connectivity index (χ0n) is 10.9. The maximum absolute atomic E-state index is 11.0. The fourth-order valence-electron chi connectivity index (χ4n) is 2.15. The van der Waals surface area contributed by atoms with Gasteiger partial charge in [0.1, 0.15) is 0 Å². The zero-order valence-corrected chi connectivity index (χ0v) is 10.9. The molecule has 8 nitrogen and oxygen atoms in total. The lowest BCUT2D eigenvalue weighted by atomic mass is 10.1. The second-order valence-corrected chi connectivity index (χ2v) is 4.53. The lowest BCUT2D eigenvalue weighted by Gasteiger charge is -2.26. The van der Waals surface area contributed by atoms with Crippen LogP contribution in [0.1, 0.15) is 5.56 Å². The summed E-state index contributed by atoms with van der Waals surface area (Å²) in [5.41, 5.74) is 0.0753. The molecule has 0 amide bonds. The van der Waals surface area contributed by atoms with Gasteiger partial charge in [0, 0.05) is 31.3 Å². The van der Waals surface area contributed by atoms with Crippen LogP contribution in [0.3, 0.4) is 0 Å². The molecule has 0 N–H and O–H groups in total. The molecule has 0 radical (unpaired) electrons. The number of rotatable bonds is 5. The molecule has 1 aliphatic rings. The van der Waals surface area contributed by atoms with E-state index in [9.17, 15) is 20.2 Å². The molecule has 1 aromatic rings. The maximum Gasteiger partial charge on any atom is 0.279 e. The van der Waals surface area contributed by atoms with Gasteiger partial charge in [-0.05, 0) is 12.5 Å². The van der Waals surface area contributed by atoms with Crippen LogP contribution in [0.5, 0.6) is 0 Å². The highest BCUT2D eigenvalue weighted by molar-refractivity contribution is 5.49. The van der Waals surface area contributed by atoms with Gasteiger partial charge in [0.05, 0.1) is 29.1 Å². The Balaban J connectivity index is 2.09. The number of nitro groups is 2. The largest absolute Gasteiger partial charge is 0.379 e. The second kappa shape index (κ2) is 6.40. The molecular formula is C12H15N3O5. The summed E-state index contributed by atoms with van der Waals surface area (Å²) in [5.74, 6) is 0. The first-order valence-electron chi connectivity index (χ1n) is 6.30. The van der Waals surface area contributed by atoms with Crippen molar-refractivity contribution in [1.29, 1.82) is 0 Å². The zero-order chi connectivity index (χ0) is 14.5. The number of ether oxygens (including phenoxy) is 1. The van der Waals surface area contributed by atoms with E-state index in [0.717, 1.165) is 19.2 Å². The van der Waals surface area contributed by atoms with Crippen molar-refractivity contribution in [3.63, 3.8) is 0 Å². The quantitative estimate of drug-likeness (QED) is 0.597. The van der Waals surface area contributed by atoms with Crippen molar-refractivity contribution < 1.29 is 14.6 Å². The Labute approximate surface area is 115 Å². The fraction of sp³-hybridized carbons (Fsp3) is 0.500. The highest BCUT2D eigenvalue weighted by Crippen LogP contribution is 2.25. The Morgan fingerprint density at radius 1 is 1.15 bits per heavy atom. The third-order valence-corrected chi connectivity index (χ3v) is 3.28. The van der Waals surface area contributed by atoms with E-state index in [0.29, 0.717) is 31.7 Å². The molecule has 0 spiro atoms. The number of nitrogens with zero attached hydrogens (tertiary/aromatic N) is 3. The van der Waals surface area contributed by atoms with Crippen LogP contribution in [0.2, 0.25) is 0 Å². The van der Waals surface area contributed by atoms with Crippen molar-refractivity contribution in [3.05, 3.63) is 44.0 Å². The molecule has 108 valence electrons. The van der Waals surface area contributed by atoms with E-state index < -0.39 is 9.85 Å². The Bertz CT molecular complexity index is 514. The molecule has 1 saturated heterocycles. The van der Waals surface area contributed by atoms with E-state index in [-0.39, 0.29) is 11.4 Å². The molecule has 0 atom stereocenters. The van der Waals surface area contributed by atoms with Gasteiger partial charge in [-0.2, -0.15) is 0 Å². The summed E-state index contributed by atoms with van der Waals surface area (Å²) in [7, 11) is 0. The monoisotopic (exact) mass is 281 g/mol. The van der Waals surface area contributed by atoms with Gasteiger partial charge in [-0.1, -0.05) is 0 Å². The van der Waals surface area contributed by atoms with Gasteiger partial charge in [0.2, 0.25) is 0 Å². The van der Waals surface area contributed by atoms with E-state index in [1.165, 1.54) is 12.1 Å². The first-order valence-corrected chi connectivity index (χ1v) is 6.30. The summed E-state index contributed by atoms with van der Waals surface area (Å²) in [6.07, 6.45) is 0.494. The number of nitro benzene ring substituents is 2. The van der Waals surface area contributed by atoms with Crippen LogP contribution in [0, 0.1) is 20.2 Å². The molecule has 20 heavy (non-hydrogen) atoms. The minimum atomic E-state index is -0.626. The van der Waals surface area contributed by atoms with Gasteiger partial charge < -0.3 is 4.74 Å². The number of morpholine rings is 1. The van der Waals surface area contributed by atoms with Crippen LogP contribution in [0.15, 0.2) is 18.2 Å². The molecule has 0 bridgehead atoms. The molecule has 0 saturated carbocycles. The van der Waals surface area contributed by atoms with Crippen LogP contribution in [-0.4, -0.2) is 47.6 Å². The van der Waals surface area contributed by atoms with Gasteiger partial charge in [0.25, 0.3) is 11.4 Å². The first kappa shape index (κ1) is 14.4. The molecule has 1 aliphatic heterocycles. The van der Waals surface area contributed by atoms with Crippen molar-refractivity contribution in [2.75, 3.05) is 32.8 Å². The molecule has 0 aromatic heterocycles. The van der Waals surface area contributed by atoms with E-state index in [2.05, 4.69) is 4.90 Å². The molecule has 2 rings (SSSR count). The third kappa shape index (κ3) is 3.49. The molecule has 0 unspecified atom stereocenters. The number of non-ortho nitro benzene ring substituents is 1. The van der Waals surface area contributed by atoms with Crippen LogP contribution in [0.25, 0.3) is 0 Å². The summed E-state index contributed by atoms with van der Waals surface area (Å²) >= 11 is 0. The summed E-state index contributed by atoms with van der Waals surface area (Å²) in [5, 5.41) is 21.7. The summed E-state index contributed by atoms with van der Waals surface area (Å²) in [6.45, 7) is 3.63.